The zero-order chi connectivity index (χ0) is 9.68. The lowest BCUT2D eigenvalue weighted by Gasteiger charge is -2.02. The van der Waals surface area contributed by atoms with E-state index in [4.69, 9.17) is 0 Å². The molecule has 0 bridgehead atoms. The van der Waals surface area contributed by atoms with Gasteiger partial charge in [0.2, 0.25) is 6.41 Å². The number of aromatic nitrogens is 2. The molecule has 0 aromatic carbocycles. The first-order valence-corrected chi connectivity index (χ1v) is 4.96. The molecular formula is C8H12BrN3O. The van der Waals surface area contributed by atoms with E-state index in [-0.39, 0.29) is 0 Å². The molecule has 1 heterocycles. The smallest absolute Gasteiger partial charge is 0.207 e. The lowest BCUT2D eigenvalue weighted by Crippen LogP contribution is -2.16. The molecule has 0 spiro atoms. The molecule has 0 aliphatic rings. The second-order valence-electron chi connectivity index (χ2n) is 2.60. The number of halogens is 1. The largest absolute Gasteiger partial charge is 0.358 e. The number of rotatable bonds is 5. The van der Waals surface area contributed by atoms with Crippen LogP contribution in [0.1, 0.15) is 12.6 Å². The van der Waals surface area contributed by atoms with Crippen molar-refractivity contribution in [3.05, 3.63) is 16.4 Å². The van der Waals surface area contributed by atoms with Crippen molar-refractivity contribution in [2.24, 2.45) is 0 Å². The van der Waals surface area contributed by atoms with Crippen molar-refractivity contribution in [1.82, 2.24) is 15.1 Å². The van der Waals surface area contributed by atoms with E-state index >= 15 is 0 Å². The molecule has 13 heavy (non-hydrogen) atoms. The molecule has 0 radical (unpaired) electrons. The van der Waals surface area contributed by atoms with Crippen LogP contribution in [0.3, 0.4) is 0 Å². The number of aryl methyl sites for hydroxylation is 1. The van der Waals surface area contributed by atoms with Crippen LogP contribution in [-0.4, -0.2) is 22.7 Å². The first-order chi connectivity index (χ1) is 6.27. The van der Waals surface area contributed by atoms with E-state index in [1.165, 1.54) is 0 Å². The minimum Gasteiger partial charge on any atom is -0.358 e. The summed E-state index contributed by atoms with van der Waals surface area (Å²) in [4.78, 5) is 10.0. The molecule has 1 aromatic rings. The summed E-state index contributed by atoms with van der Waals surface area (Å²) in [5.41, 5.74) is 1.13. The van der Waals surface area contributed by atoms with E-state index < -0.39 is 0 Å². The predicted molar refractivity (Wildman–Crippen MR) is 53.4 cm³/mol. The maximum Gasteiger partial charge on any atom is 0.207 e. The molecule has 0 saturated carbocycles. The van der Waals surface area contributed by atoms with Gasteiger partial charge in [-0.2, -0.15) is 5.10 Å². The molecule has 5 heteroatoms. The fourth-order valence-corrected chi connectivity index (χ4v) is 1.61. The summed E-state index contributed by atoms with van der Waals surface area (Å²) in [7, 11) is 0. The Bertz CT molecular complexity index is 285. The summed E-state index contributed by atoms with van der Waals surface area (Å²) < 4.78 is 2.76. The Morgan fingerprint density at radius 2 is 2.54 bits per heavy atom. The van der Waals surface area contributed by atoms with Gasteiger partial charge in [0, 0.05) is 25.2 Å². The molecule has 0 unspecified atom stereocenters. The first-order valence-electron chi connectivity index (χ1n) is 4.17. The summed E-state index contributed by atoms with van der Waals surface area (Å²) >= 11 is 3.31. The number of amides is 1. The van der Waals surface area contributed by atoms with E-state index in [0.717, 1.165) is 23.3 Å². The summed E-state index contributed by atoms with van der Waals surface area (Å²) in [6, 6.07) is 1.97. The van der Waals surface area contributed by atoms with Crippen LogP contribution in [-0.2, 0) is 17.8 Å². The van der Waals surface area contributed by atoms with Gasteiger partial charge in [-0.3, -0.25) is 9.48 Å². The summed E-state index contributed by atoms with van der Waals surface area (Å²) in [6.07, 6.45) is 1.52. The molecule has 0 saturated heterocycles. The average molecular weight is 246 g/mol. The van der Waals surface area contributed by atoms with Crippen LogP contribution < -0.4 is 5.32 Å². The van der Waals surface area contributed by atoms with Gasteiger partial charge in [0.15, 0.2) is 0 Å². The summed E-state index contributed by atoms with van der Waals surface area (Å²) in [6.45, 7) is 3.54. The maximum atomic E-state index is 10.0. The minimum absolute atomic E-state index is 0.654. The predicted octanol–water partition coefficient (Wildman–Crippen LogP) is 0.954. The molecule has 1 N–H and O–H groups in total. The maximum absolute atomic E-state index is 10.0. The van der Waals surface area contributed by atoms with Crippen LogP contribution in [0.4, 0.5) is 0 Å². The second-order valence-corrected chi connectivity index (χ2v) is 3.41. The Balaban J connectivity index is 2.58. The number of hydrogen-bond acceptors (Lipinski definition) is 2. The van der Waals surface area contributed by atoms with E-state index in [1.807, 2.05) is 17.7 Å². The van der Waals surface area contributed by atoms with Crippen molar-refractivity contribution in [2.75, 3.05) is 6.54 Å². The number of nitrogens with zero attached hydrogens (tertiary/aromatic N) is 2. The van der Waals surface area contributed by atoms with Gasteiger partial charge in [0.1, 0.15) is 4.60 Å². The highest BCUT2D eigenvalue weighted by Crippen LogP contribution is 2.10. The molecule has 0 aliphatic heterocycles. The van der Waals surface area contributed by atoms with Gasteiger partial charge in [-0.1, -0.05) is 0 Å². The molecule has 0 fully saturated rings. The van der Waals surface area contributed by atoms with E-state index in [1.54, 1.807) is 0 Å². The lowest BCUT2D eigenvalue weighted by atomic mass is 10.3. The van der Waals surface area contributed by atoms with Gasteiger partial charge in [0.25, 0.3) is 0 Å². The average Bonchev–Trinajstić information content (AvgIpc) is 2.47. The fourth-order valence-electron chi connectivity index (χ4n) is 1.15. The third kappa shape index (κ3) is 2.84. The third-order valence-corrected chi connectivity index (χ3v) is 2.13. The van der Waals surface area contributed by atoms with Gasteiger partial charge < -0.3 is 5.32 Å². The quantitative estimate of drug-likeness (QED) is 0.621. The van der Waals surface area contributed by atoms with Crippen molar-refractivity contribution in [3.8, 4) is 0 Å². The Morgan fingerprint density at radius 1 is 1.77 bits per heavy atom. The molecule has 1 rings (SSSR count). The van der Waals surface area contributed by atoms with Crippen LogP contribution in [0, 0.1) is 0 Å². The van der Waals surface area contributed by atoms with E-state index in [9.17, 15) is 4.79 Å². The second kappa shape index (κ2) is 5.01. The van der Waals surface area contributed by atoms with Gasteiger partial charge in [-0.15, -0.1) is 0 Å². The number of carbonyl (C=O) groups excluding carboxylic acids is 1. The zero-order valence-electron chi connectivity index (χ0n) is 7.46. The summed E-state index contributed by atoms with van der Waals surface area (Å²) in [5, 5.41) is 6.85. The van der Waals surface area contributed by atoms with Crippen molar-refractivity contribution >= 4 is 22.3 Å². The minimum atomic E-state index is 0.654. The first kappa shape index (κ1) is 10.2. The van der Waals surface area contributed by atoms with Crippen molar-refractivity contribution in [1.29, 1.82) is 0 Å². The fraction of sp³-hybridized carbons (Fsp3) is 0.500. The molecule has 1 amide bonds. The number of carbonyl (C=O) groups is 1. The van der Waals surface area contributed by atoms with Crippen molar-refractivity contribution in [2.45, 2.75) is 19.9 Å². The van der Waals surface area contributed by atoms with Crippen LogP contribution >= 0.6 is 15.9 Å². The summed E-state index contributed by atoms with van der Waals surface area (Å²) in [5.74, 6) is 0. The lowest BCUT2D eigenvalue weighted by molar-refractivity contribution is -0.109. The topological polar surface area (TPSA) is 46.9 Å². The Labute approximate surface area is 85.4 Å². The van der Waals surface area contributed by atoms with Crippen LogP contribution in [0.15, 0.2) is 10.7 Å². The van der Waals surface area contributed by atoms with Crippen molar-refractivity contribution < 1.29 is 4.79 Å². The molecule has 72 valence electrons. The van der Waals surface area contributed by atoms with Crippen LogP contribution in [0.25, 0.3) is 0 Å². The van der Waals surface area contributed by atoms with Gasteiger partial charge >= 0.3 is 0 Å². The highest BCUT2D eigenvalue weighted by molar-refractivity contribution is 9.10. The molecular weight excluding hydrogens is 234 g/mol. The Hall–Kier alpha value is -0.840. The standard InChI is InChI=1S/C8H12BrN3O/c1-2-12-7(3-4-10-6-13)5-8(9)11-12/h5-6H,2-4H2,1H3,(H,10,13). The molecule has 4 nitrogen and oxygen atoms in total. The van der Waals surface area contributed by atoms with Gasteiger partial charge in [-0.05, 0) is 28.9 Å². The van der Waals surface area contributed by atoms with Gasteiger partial charge in [0.05, 0.1) is 0 Å². The Kier molecular flexibility index (Phi) is 3.95. The highest BCUT2D eigenvalue weighted by atomic mass is 79.9. The molecule has 0 atom stereocenters. The number of hydrogen-bond donors (Lipinski definition) is 1. The monoisotopic (exact) mass is 245 g/mol. The highest BCUT2D eigenvalue weighted by Gasteiger charge is 2.03. The number of nitrogens with one attached hydrogen (secondary N) is 1. The molecule has 1 aromatic heterocycles. The third-order valence-electron chi connectivity index (χ3n) is 1.74. The van der Waals surface area contributed by atoms with E-state index in [0.29, 0.717) is 13.0 Å². The van der Waals surface area contributed by atoms with Crippen molar-refractivity contribution in [3.63, 3.8) is 0 Å². The van der Waals surface area contributed by atoms with Crippen LogP contribution in [0.2, 0.25) is 0 Å². The van der Waals surface area contributed by atoms with Crippen LogP contribution in [0.5, 0.6) is 0 Å². The Morgan fingerprint density at radius 3 is 3.15 bits per heavy atom. The van der Waals surface area contributed by atoms with Gasteiger partial charge in [-0.25, -0.2) is 0 Å². The normalized spacial score (nSPS) is 10.0. The molecule has 0 aliphatic carbocycles. The van der Waals surface area contributed by atoms with E-state index in [2.05, 4.69) is 26.3 Å². The zero-order valence-corrected chi connectivity index (χ0v) is 9.04. The SMILES string of the molecule is CCn1nc(Br)cc1CCNC=O.